The maximum absolute atomic E-state index is 6.07. The SMILES string of the molecule is CC(C)[C@H](CC1CCN(C)CC1)c1cccnc1N. The van der Waals surface area contributed by atoms with Crippen LogP contribution in [0.5, 0.6) is 0 Å². The molecule has 2 N–H and O–H groups in total. The van der Waals surface area contributed by atoms with Crippen LogP contribution in [0.3, 0.4) is 0 Å². The largest absolute Gasteiger partial charge is 0.383 e. The predicted octanol–water partition coefficient (Wildman–Crippen LogP) is 3.14. The molecule has 1 fully saturated rings. The van der Waals surface area contributed by atoms with Gasteiger partial charge in [0.15, 0.2) is 0 Å². The zero-order valence-corrected chi connectivity index (χ0v) is 12.5. The molecule has 0 aliphatic carbocycles. The van der Waals surface area contributed by atoms with Gasteiger partial charge in [-0.3, -0.25) is 0 Å². The second-order valence-electron chi connectivity index (χ2n) is 6.31. The Bertz CT molecular complexity index is 395. The van der Waals surface area contributed by atoms with E-state index in [-0.39, 0.29) is 0 Å². The molecule has 0 spiro atoms. The highest BCUT2D eigenvalue weighted by atomic mass is 15.1. The van der Waals surface area contributed by atoms with Gasteiger partial charge in [-0.1, -0.05) is 19.9 Å². The fraction of sp³-hybridized carbons (Fsp3) is 0.688. The van der Waals surface area contributed by atoms with Crippen molar-refractivity contribution in [2.45, 2.75) is 39.0 Å². The minimum atomic E-state index is 0.544. The van der Waals surface area contributed by atoms with Crippen LogP contribution in [-0.4, -0.2) is 30.0 Å². The van der Waals surface area contributed by atoms with Gasteiger partial charge in [0.05, 0.1) is 0 Å². The van der Waals surface area contributed by atoms with E-state index in [0.29, 0.717) is 17.7 Å². The molecule has 3 nitrogen and oxygen atoms in total. The molecule has 1 saturated heterocycles. The average molecular weight is 261 g/mol. The molecule has 1 aliphatic rings. The van der Waals surface area contributed by atoms with Crippen LogP contribution in [0.1, 0.15) is 44.6 Å². The van der Waals surface area contributed by atoms with Gasteiger partial charge in [-0.05, 0) is 68.8 Å². The lowest BCUT2D eigenvalue weighted by molar-refractivity contribution is 0.198. The molecule has 2 rings (SSSR count). The summed E-state index contributed by atoms with van der Waals surface area (Å²) in [7, 11) is 2.22. The Morgan fingerprint density at radius 1 is 1.37 bits per heavy atom. The first-order valence-corrected chi connectivity index (χ1v) is 7.47. The highest BCUT2D eigenvalue weighted by Crippen LogP contribution is 2.36. The molecular weight excluding hydrogens is 234 g/mol. The van der Waals surface area contributed by atoms with Crippen molar-refractivity contribution in [2.75, 3.05) is 25.9 Å². The summed E-state index contributed by atoms with van der Waals surface area (Å²) in [5, 5.41) is 0. The summed E-state index contributed by atoms with van der Waals surface area (Å²) in [5.41, 5.74) is 7.31. The number of aromatic nitrogens is 1. The molecular formula is C16H27N3. The van der Waals surface area contributed by atoms with E-state index in [4.69, 9.17) is 5.73 Å². The quantitative estimate of drug-likeness (QED) is 0.905. The van der Waals surface area contributed by atoms with E-state index < -0.39 is 0 Å². The van der Waals surface area contributed by atoms with Crippen molar-refractivity contribution in [3.8, 4) is 0 Å². The number of hydrogen-bond donors (Lipinski definition) is 1. The Labute approximate surface area is 117 Å². The molecule has 19 heavy (non-hydrogen) atoms. The van der Waals surface area contributed by atoms with Crippen LogP contribution < -0.4 is 5.73 Å². The van der Waals surface area contributed by atoms with E-state index in [2.05, 4.69) is 36.8 Å². The monoisotopic (exact) mass is 261 g/mol. The van der Waals surface area contributed by atoms with Crippen molar-refractivity contribution in [2.24, 2.45) is 11.8 Å². The van der Waals surface area contributed by atoms with Gasteiger partial charge in [0.2, 0.25) is 0 Å². The van der Waals surface area contributed by atoms with Crippen molar-refractivity contribution < 1.29 is 0 Å². The van der Waals surface area contributed by atoms with E-state index in [1.807, 2.05) is 6.07 Å². The number of anilines is 1. The third-order valence-electron chi connectivity index (χ3n) is 4.50. The third-order valence-corrected chi connectivity index (χ3v) is 4.50. The first-order chi connectivity index (χ1) is 9.08. The fourth-order valence-corrected chi connectivity index (χ4v) is 3.16. The highest BCUT2D eigenvalue weighted by molar-refractivity contribution is 5.41. The van der Waals surface area contributed by atoms with Gasteiger partial charge < -0.3 is 10.6 Å². The number of nitrogens with two attached hydrogens (primary N) is 1. The molecule has 0 aromatic carbocycles. The van der Waals surface area contributed by atoms with Gasteiger partial charge in [-0.2, -0.15) is 0 Å². The average Bonchev–Trinajstić information content (AvgIpc) is 2.39. The van der Waals surface area contributed by atoms with Crippen molar-refractivity contribution in [1.29, 1.82) is 0 Å². The molecule has 0 radical (unpaired) electrons. The minimum absolute atomic E-state index is 0.544. The lowest BCUT2D eigenvalue weighted by Crippen LogP contribution is -2.31. The molecule has 2 heterocycles. The van der Waals surface area contributed by atoms with Gasteiger partial charge >= 0.3 is 0 Å². The van der Waals surface area contributed by atoms with Crippen LogP contribution in [0, 0.1) is 11.8 Å². The van der Waals surface area contributed by atoms with E-state index >= 15 is 0 Å². The summed E-state index contributed by atoms with van der Waals surface area (Å²) in [6, 6.07) is 4.16. The van der Waals surface area contributed by atoms with Crippen LogP contribution in [0.2, 0.25) is 0 Å². The molecule has 1 aromatic rings. The Hall–Kier alpha value is -1.09. The molecule has 0 saturated carbocycles. The lowest BCUT2D eigenvalue weighted by Gasteiger charge is -2.33. The molecule has 1 aliphatic heterocycles. The second kappa shape index (κ2) is 6.38. The summed E-state index contributed by atoms with van der Waals surface area (Å²) in [5.74, 6) is 2.71. The maximum atomic E-state index is 6.07. The smallest absolute Gasteiger partial charge is 0.126 e. The van der Waals surface area contributed by atoms with E-state index in [0.717, 1.165) is 5.92 Å². The van der Waals surface area contributed by atoms with Crippen molar-refractivity contribution in [1.82, 2.24) is 9.88 Å². The van der Waals surface area contributed by atoms with Crippen molar-refractivity contribution >= 4 is 5.82 Å². The molecule has 0 unspecified atom stereocenters. The number of nitrogens with zero attached hydrogens (tertiary/aromatic N) is 2. The van der Waals surface area contributed by atoms with E-state index in [1.165, 1.54) is 37.9 Å². The van der Waals surface area contributed by atoms with Crippen LogP contribution in [0.15, 0.2) is 18.3 Å². The number of nitrogen functional groups attached to an aromatic ring is 1. The van der Waals surface area contributed by atoms with Crippen LogP contribution in [0.4, 0.5) is 5.82 Å². The van der Waals surface area contributed by atoms with Gasteiger partial charge in [-0.15, -0.1) is 0 Å². The Morgan fingerprint density at radius 2 is 2.05 bits per heavy atom. The summed E-state index contributed by atoms with van der Waals surface area (Å²) >= 11 is 0. The zero-order valence-electron chi connectivity index (χ0n) is 12.5. The van der Waals surface area contributed by atoms with E-state index in [9.17, 15) is 0 Å². The molecule has 0 amide bonds. The third kappa shape index (κ3) is 3.69. The summed E-state index contributed by atoms with van der Waals surface area (Å²) in [6.07, 6.45) is 5.67. The standard InChI is InChI=1S/C16H27N3/c1-12(2)15(14-5-4-8-18-16(14)17)11-13-6-9-19(3)10-7-13/h4-5,8,12-13,15H,6-7,9-11H2,1-3H3,(H2,17,18)/t15-/m0/s1. The highest BCUT2D eigenvalue weighted by Gasteiger charge is 2.25. The minimum Gasteiger partial charge on any atom is -0.383 e. The van der Waals surface area contributed by atoms with Crippen molar-refractivity contribution in [3.05, 3.63) is 23.9 Å². The number of hydrogen-bond acceptors (Lipinski definition) is 3. The number of rotatable bonds is 4. The number of piperidine rings is 1. The fourth-order valence-electron chi connectivity index (χ4n) is 3.16. The van der Waals surface area contributed by atoms with Crippen molar-refractivity contribution in [3.63, 3.8) is 0 Å². The summed E-state index contributed by atoms with van der Waals surface area (Å²) in [4.78, 5) is 6.69. The predicted molar refractivity (Wildman–Crippen MR) is 81.1 cm³/mol. The lowest BCUT2D eigenvalue weighted by atomic mass is 9.78. The number of pyridine rings is 1. The first-order valence-electron chi connectivity index (χ1n) is 7.47. The molecule has 0 bridgehead atoms. The molecule has 1 aromatic heterocycles. The second-order valence-corrected chi connectivity index (χ2v) is 6.31. The van der Waals surface area contributed by atoms with Gasteiger partial charge in [-0.25, -0.2) is 4.98 Å². The summed E-state index contributed by atoms with van der Waals surface area (Å²) < 4.78 is 0. The number of likely N-dealkylation sites (tertiary alicyclic amines) is 1. The molecule has 3 heteroatoms. The normalized spacial score (nSPS) is 19.8. The van der Waals surface area contributed by atoms with Gasteiger partial charge in [0.1, 0.15) is 5.82 Å². The van der Waals surface area contributed by atoms with Gasteiger partial charge in [0, 0.05) is 6.20 Å². The Morgan fingerprint density at radius 3 is 2.63 bits per heavy atom. The summed E-state index contributed by atoms with van der Waals surface area (Å²) in [6.45, 7) is 7.06. The van der Waals surface area contributed by atoms with Crippen LogP contribution in [0.25, 0.3) is 0 Å². The zero-order chi connectivity index (χ0) is 13.8. The van der Waals surface area contributed by atoms with Gasteiger partial charge in [0.25, 0.3) is 0 Å². The van der Waals surface area contributed by atoms with Crippen LogP contribution in [-0.2, 0) is 0 Å². The molecule has 106 valence electrons. The van der Waals surface area contributed by atoms with Crippen LogP contribution >= 0.6 is 0 Å². The topological polar surface area (TPSA) is 42.2 Å². The Kier molecular flexibility index (Phi) is 4.81. The van der Waals surface area contributed by atoms with E-state index in [1.54, 1.807) is 6.20 Å². The molecule has 1 atom stereocenters. The first kappa shape index (κ1) is 14.3. The Balaban J connectivity index is 2.07. The maximum Gasteiger partial charge on any atom is 0.126 e.